The largest absolute Gasteiger partial charge is 0.450 e. The van der Waals surface area contributed by atoms with Crippen LogP contribution in [0.3, 0.4) is 0 Å². The molecule has 0 atom stereocenters. The molecule has 0 aliphatic rings. The smallest absolute Gasteiger partial charge is 0.311 e. The molecule has 2 N–H and O–H groups in total. The van der Waals surface area contributed by atoms with Crippen LogP contribution in [0.4, 0.5) is 5.69 Å². The van der Waals surface area contributed by atoms with Crippen LogP contribution in [0.5, 0.6) is 11.5 Å². The van der Waals surface area contributed by atoms with Crippen LogP contribution in [-0.2, 0) is 6.54 Å². The predicted molar refractivity (Wildman–Crippen MR) is 72.2 cm³/mol. The summed E-state index contributed by atoms with van der Waals surface area (Å²) in [6.07, 6.45) is 0. The summed E-state index contributed by atoms with van der Waals surface area (Å²) >= 11 is 0. The van der Waals surface area contributed by atoms with E-state index in [0.29, 0.717) is 17.9 Å². The fourth-order valence-corrected chi connectivity index (χ4v) is 1.68. The molecule has 20 heavy (non-hydrogen) atoms. The Bertz CT molecular complexity index is 692. The Morgan fingerprint density at radius 3 is 2.75 bits per heavy atom. The Kier molecular flexibility index (Phi) is 3.93. The van der Waals surface area contributed by atoms with Crippen molar-refractivity contribution < 1.29 is 9.66 Å². The van der Waals surface area contributed by atoms with Gasteiger partial charge < -0.3 is 10.5 Å². The minimum absolute atomic E-state index is 0.0308. The molecule has 0 aliphatic carbocycles. The zero-order valence-corrected chi connectivity index (χ0v) is 10.4. The quantitative estimate of drug-likeness (QED) is 0.679. The third-order valence-corrected chi connectivity index (χ3v) is 2.65. The molecule has 100 valence electrons. The van der Waals surface area contributed by atoms with Crippen molar-refractivity contribution in [3.05, 3.63) is 63.7 Å². The van der Waals surface area contributed by atoms with Gasteiger partial charge >= 0.3 is 5.69 Å². The first-order valence-corrected chi connectivity index (χ1v) is 5.79. The SMILES string of the molecule is N#Cc1ccc([N+](=O)[O-])c(Oc2cccc(CN)c2)c1. The van der Waals surface area contributed by atoms with Crippen LogP contribution in [0.15, 0.2) is 42.5 Å². The second kappa shape index (κ2) is 5.82. The molecule has 0 aromatic heterocycles. The number of nitro benzene ring substituents is 1. The molecule has 0 unspecified atom stereocenters. The fourth-order valence-electron chi connectivity index (χ4n) is 1.68. The summed E-state index contributed by atoms with van der Waals surface area (Å²) in [7, 11) is 0. The normalized spacial score (nSPS) is 9.80. The van der Waals surface area contributed by atoms with Crippen molar-refractivity contribution in [2.45, 2.75) is 6.54 Å². The summed E-state index contributed by atoms with van der Waals surface area (Å²) in [5, 5.41) is 19.8. The van der Waals surface area contributed by atoms with E-state index >= 15 is 0 Å². The van der Waals surface area contributed by atoms with Gasteiger partial charge in [-0.15, -0.1) is 0 Å². The number of nitriles is 1. The van der Waals surface area contributed by atoms with Gasteiger partial charge in [0.05, 0.1) is 16.6 Å². The van der Waals surface area contributed by atoms with Crippen LogP contribution in [0.1, 0.15) is 11.1 Å². The van der Waals surface area contributed by atoms with E-state index in [1.165, 1.54) is 18.2 Å². The second-order valence-electron chi connectivity index (χ2n) is 4.01. The molecule has 6 heteroatoms. The van der Waals surface area contributed by atoms with Crippen LogP contribution in [0, 0.1) is 21.4 Å². The van der Waals surface area contributed by atoms with Gasteiger partial charge in [0.1, 0.15) is 5.75 Å². The highest BCUT2D eigenvalue weighted by Gasteiger charge is 2.16. The van der Waals surface area contributed by atoms with Gasteiger partial charge in [-0.2, -0.15) is 5.26 Å². The molecule has 0 heterocycles. The number of benzene rings is 2. The van der Waals surface area contributed by atoms with E-state index in [0.717, 1.165) is 5.56 Å². The van der Waals surface area contributed by atoms with Gasteiger partial charge in [0.15, 0.2) is 0 Å². The highest BCUT2D eigenvalue weighted by Crippen LogP contribution is 2.32. The zero-order chi connectivity index (χ0) is 14.5. The Labute approximate surface area is 115 Å². The van der Waals surface area contributed by atoms with Crippen LogP contribution in [0.25, 0.3) is 0 Å². The van der Waals surface area contributed by atoms with Crippen molar-refractivity contribution in [2.24, 2.45) is 5.73 Å². The van der Waals surface area contributed by atoms with Gasteiger partial charge in [-0.1, -0.05) is 12.1 Å². The highest BCUT2D eigenvalue weighted by molar-refractivity contribution is 5.53. The van der Waals surface area contributed by atoms with Crippen LogP contribution >= 0.6 is 0 Å². The van der Waals surface area contributed by atoms with E-state index < -0.39 is 4.92 Å². The molecule has 2 aromatic rings. The molecule has 6 nitrogen and oxygen atoms in total. The monoisotopic (exact) mass is 269 g/mol. The van der Waals surface area contributed by atoms with Crippen LogP contribution in [-0.4, -0.2) is 4.92 Å². The van der Waals surface area contributed by atoms with Gasteiger partial charge in [-0.25, -0.2) is 0 Å². The second-order valence-corrected chi connectivity index (χ2v) is 4.01. The van der Waals surface area contributed by atoms with Gasteiger partial charge in [-0.3, -0.25) is 10.1 Å². The van der Waals surface area contributed by atoms with Crippen molar-refractivity contribution in [1.29, 1.82) is 5.26 Å². The lowest BCUT2D eigenvalue weighted by Gasteiger charge is -2.07. The van der Waals surface area contributed by atoms with Crippen LogP contribution in [0.2, 0.25) is 0 Å². The molecule has 0 bridgehead atoms. The summed E-state index contributed by atoms with van der Waals surface area (Å²) in [5.41, 5.74) is 6.48. The molecule has 0 saturated carbocycles. The van der Waals surface area contributed by atoms with E-state index in [2.05, 4.69) is 0 Å². The van der Waals surface area contributed by atoms with Crippen molar-refractivity contribution in [2.75, 3.05) is 0 Å². The van der Waals surface area contributed by atoms with Crippen LogP contribution < -0.4 is 10.5 Å². The highest BCUT2D eigenvalue weighted by atomic mass is 16.6. The molecule has 0 spiro atoms. The van der Waals surface area contributed by atoms with Crippen molar-refractivity contribution in [3.8, 4) is 17.6 Å². The minimum atomic E-state index is -0.552. The van der Waals surface area contributed by atoms with E-state index in [9.17, 15) is 10.1 Å². The number of ether oxygens (including phenoxy) is 1. The first kappa shape index (κ1) is 13.5. The first-order valence-electron chi connectivity index (χ1n) is 5.79. The molecular weight excluding hydrogens is 258 g/mol. The summed E-state index contributed by atoms with van der Waals surface area (Å²) in [6.45, 7) is 0.345. The van der Waals surface area contributed by atoms with E-state index in [1.807, 2.05) is 12.1 Å². The Morgan fingerprint density at radius 2 is 2.10 bits per heavy atom. The van der Waals surface area contributed by atoms with E-state index in [1.54, 1.807) is 18.2 Å². The maximum atomic E-state index is 11.0. The van der Waals surface area contributed by atoms with Crippen molar-refractivity contribution in [3.63, 3.8) is 0 Å². The Balaban J connectivity index is 2.40. The number of hydrogen-bond donors (Lipinski definition) is 1. The van der Waals surface area contributed by atoms with Crippen molar-refractivity contribution in [1.82, 2.24) is 0 Å². The third-order valence-electron chi connectivity index (χ3n) is 2.65. The van der Waals surface area contributed by atoms with Gasteiger partial charge in [-0.05, 0) is 23.8 Å². The number of hydrogen-bond acceptors (Lipinski definition) is 5. The molecular formula is C14H11N3O3. The molecule has 0 saturated heterocycles. The molecule has 0 amide bonds. The maximum Gasteiger partial charge on any atom is 0.311 e. The summed E-state index contributed by atoms with van der Waals surface area (Å²) in [5.74, 6) is 0.467. The molecule has 0 fully saturated rings. The van der Waals surface area contributed by atoms with E-state index in [-0.39, 0.29) is 11.4 Å². The summed E-state index contributed by atoms with van der Waals surface area (Å²) in [6, 6.07) is 12.8. The molecule has 2 rings (SSSR count). The molecule has 2 aromatic carbocycles. The molecule has 0 aliphatic heterocycles. The van der Waals surface area contributed by atoms with Gasteiger partial charge in [0.2, 0.25) is 5.75 Å². The first-order chi connectivity index (χ1) is 9.63. The topological polar surface area (TPSA) is 102 Å². The number of nitrogens with zero attached hydrogens (tertiary/aromatic N) is 2. The standard InChI is InChI=1S/C14H11N3O3/c15-8-10-2-1-3-12(6-10)20-14-7-11(9-16)4-5-13(14)17(18)19/h1-7H,8,15H2. The van der Waals surface area contributed by atoms with Crippen molar-refractivity contribution >= 4 is 5.69 Å². The fraction of sp³-hybridized carbons (Fsp3) is 0.0714. The predicted octanol–water partition coefficient (Wildman–Crippen LogP) is 2.72. The Hall–Kier alpha value is -2.91. The average Bonchev–Trinajstić information content (AvgIpc) is 2.47. The lowest BCUT2D eigenvalue weighted by atomic mass is 10.2. The maximum absolute atomic E-state index is 11.0. The summed E-state index contributed by atoms with van der Waals surface area (Å²) in [4.78, 5) is 10.4. The molecule has 0 radical (unpaired) electrons. The Morgan fingerprint density at radius 1 is 1.30 bits per heavy atom. The lowest BCUT2D eigenvalue weighted by Crippen LogP contribution is -1.97. The van der Waals surface area contributed by atoms with Gasteiger partial charge in [0, 0.05) is 18.7 Å². The summed E-state index contributed by atoms with van der Waals surface area (Å²) < 4.78 is 5.51. The third kappa shape index (κ3) is 2.91. The number of nitrogens with two attached hydrogens (primary N) is 1. The minimum Gasteiger partial charge on any atom is -0.450 e. The number of rotatable bonds is 4. The zero-order valence-electron chi connectivity index (χ0n) is 10.4. The van der Waals surface area contributed by atoms with E-state index in [4.69, 9.17) is 15.7 Å². The van der Waals surface area contributed by atoms with Gasteiger partial charge in [0.25, 0.3) is 0 Å². The average molecular weight is 269 g/mol. The lowest BCUT2D eigenvalue weighted by molar-refractivity contribution is -0.385. The number of nitro groups is 1.